The Labute approximate surface area is 88.4 Å². The van der Waals surface area contributed by atoms with Gasteiger partial charge in [0.05, 0.1) is 0 Å². The minimum atomic E-state index is -0.305. The maximum atomic E-state index is 12.9. The van der Waals surface area contributed by atoms with Crippen molar-refractivity contribution in [3.63, 3.8) is 0 Å². The van der Waals surface area contributed by atoms with Crippen LogP contribution in [0.3, 0.4) is 0 Å². The lowest BCUT2D eigenvalue weighted by atomic mass is 10.3. The highest BCUT2D eigenvalue weighted by atomic mass is 19.1. The largest absolute Gasteiger partial charge is 0.325 e. The fraction of sp³-hybridized carbons (Fsp3) is 0.300. The van der Waals surface area contributed by atoms with E-state index in [0.717, 1.165) is 0 Å². The predicted octanol–water partition coefficient (Wildman–Crippen LogP) is 1.47. The molecule has 0 atom stereocenters. The van der Waals surface area contributed by atoms with Gasteiger partial charge in [-0.15, -0.1) is 0 Å². The molecule has 1 rings (SSSR count). The van der Waals surface area contributed by atoms with Crippen molar-refractivity contribution in [1.82, 2.24) is 5.43 Å². The van der Waals surface area contributed by atoms with Crippen molar-refractivity contribution >= 4 is 11.6 Å². The second-order valence-corrected chi connectivity index (χ2v) is 3.35. The zero-order chi connectivity index (χ0) is 11.3. The van der Waals surface area contributed by atoms with E-state index in [2.05, 4.69) is 15.7 Å². The predicted molar refractivity (Wildman–Crippen MR) is 59.9 cm³/mol. The first kappa shape index (κ1) is 11.5. The Morgan fingerprint density at radius 3 is 2.73 bits per heavy atom. The smallest absolute Gasteiger partial charge is 0.210 e. The molecule has 0 radical (unpaired) electrons. The number of hydrogen-bond acceptors (Lipinski definition) is 2. The van der Waals surface area contributed by atoms with Crippen LogP contribution in [-0.4, -0.2) is 12.0 Å². The molecule has 15 heavy (non-hydrogen) atoms. The molecule has 1 aromatic carbocycles. The van der Waals surface area contributed by atoms with Crippen molar-refractivity contribution in [2.75, 3.05) is 5.32 Å². The van der Waals surface area contributed by atoms with Crippen LogP contribution in [-0.2, 0) is 0 Å². The van der Waals surface area contributed by atoms with Crippen LogP contribution in [0.1, 0.15) is 13.8 Å². The number of nitrogens with one attached hydrogen (secondary N) is 2. The molecule has 0 unspecified atom stereocenters. The molecule has 82 valence electrons. The van der Waals surface area contributed by atoms with Gasteiger partial charge in [-0.05, 0) is 32.0 Å². The van der Waals surface area contributed by atoms with E-state index >= 15 is 0 Å². The Balaban J connectivity index is 2.75. The van der Waals surface area contributed by atoms with Crippen LogP contribution >= 0.6 is 0 Å². The molecule has 0 aliphatic heterocycles. The first-order valence-electron chi connectivity index (χ1n) is 4.69. The zero-order valence-electron chi connectivity index (χ0n) is 8.79. The molecule has 0 heterocycles. The SMILES string of the molecule is CC(C)N=C(NN)Nc1cccc(F)c1. The van der Waals surface area contributed by atoms with Crippen LogP contribution in [0.5, 0.6) is 0 Å². The van der Waals surface area contributed by atoms with E-state index in [-0.39, 0.29) is 11.9 Å². The molecule has 0 bridgehead atoms. The van der Waals surface area contributed by atoms with Crippen LogP contribution in [0, 0.1) is 5.82 Å². The topological polar surface area (TPSA) is 62.4 Å². The molecule has 4 N–H and O–H groups in total. The summed E-state index contributed by atoms with van der Waals surface area (Å²) in [6, 6.07) is 6.20. The normalized spacial score (nSPS) is 11.7. The molecule has 0 amide bonds. The number of hydrogen-bond donors (Lipinski definition) is 3. The Kier molecular flexibility index (Phi) is 4.05. The molecule has 0 saturated carbocycles. The summed E-state index contributed by atoms with van der Waals surface area (Å²) in [6.45, 7) is 3.84. The van der Waals surface area contributed by atoms with Gasteiger partial charge < -0.3 is 5.32 Å². The highest BCUT2D eigenvalue weighted by molar-refractivity contribution is 5.93. The number of nitrogens with two attached hydrogens (primary N) is 1. The standard InChI is InChI=1S/C10H15FN4/c1-7(2)13-10(15-12)14-9-5-3-4-8(11)6-9/h3-7H,12H2,1-2H3,(H2,13,14,15). The van der Waals surface area contributed by atoms with Crippen molar-refractivity contribution < 1.29 is 4.39 Å². The summed E-state index contributed by atoms with van der Waals surface area (Å²) in [5, 5.41) is 2.87. The van der Waals surface area contributed by atoms with Gasteiger partial charge in [-0.1, -0.05) is 6.07 Å². The minimum absolute atomic E-state index is 0.108. The fourth-order valence-electron chi connectivity index (χ4n) is 1.07. The van der Waals surface area contributed by atoms with Gasteiger partial charge in [-0.25, -0.2) is 15.2 Å². The maximum absolute atomic E-state index is 12.9. The lowest BCUT2D eigenvalue weighted by Gasteiger charge is -2.10. The van der Waals surface area contributed by atoms with Crippen molar-refractivity contribution in [3.8, 4) is 0 Å². The number of halogens is 1. The second kappa shape index (κ2) is 5.31. The second-order valence-electron chi connectivity index (χ2n) is 3.35. The Hall–Kier alpha value is -1.62. The van der Waals surface area contributed by atoms with Gasteiger partial charge in [-0.3, -0.25) is 5.43 Å². The molecule has 0 aromatic heterocycles. The Morgan fingerprint density at radius 2 is 2.20 bits per heavy atom. The number of guanidine groups is 1. The number of rotatable bonds is 2. The number of nitrogens with zero attached hydrogens (tertiary/aromatic N) is 1. The van der Waals surface area contributed by atoms with Crippen molar-refractivity contribution in [3.05, 3.63) is 30.1 Å². The van der Waals surface area contributed by atoms with Crippen LogP contribution in [0.4, 0.5) is 10.1 Å². The highest BCUT2D eigenvalue weighted by Crippen LogP contribution is 2.08. The summed E-state index contributed by atoms with van der Waals surface area (Å²) in [6.07, 6.45) is 0. The minimum Gasteiger partial charge on any atom is -0.325 e. The monoisotopic (exact) mass is 210 g/mol. The maximum Gasteiger partial charge on any atom is 0.210 e. The summed E-state index contributed by atoms with van der Waals surface area (Å²) in [5.74, 6) is 5.38. The molecule has 0 fully saturated rings. The first-order valence-corrected chi connectivity index (χ1v) is 4.69. The molecule has 0 saturated heterocycles. The quantitative estimate of drug-likeness (QED) is 0.300. The van der Waals surface area contributed by atoms with Gasteiger partial charge in [-0.2, -0.15) is 0 Å². The summed E-state index contributed by atoms with van der Waals surface area (Å²) in [7, 11) is 0. The summed E-state index contributed by atoms with van der Waals surface area (Å²) >= 11 is 0. The molecular weight excluding hydrogens is 195 g/mol. The molecular formula is C10H15FN4. The fourth-order valence-corrected chi connectivity index (χ4v) is 1.07. The lowest BCUT2D eigenvalue weighted by molar-refractivity contribution is 0.628. The first-order chi connectivity index (χ1) is 7.11. The van der Waals surface area contributed by atoms with E-state index in [1.165, 1.54) is 12.1 Å². The van der Waals surface area contributed by atoms with Gasteiger partial charge in [0.2, 0.25) is 5.96 Å². The van der Waals surface area contributed by atoms with Crippen molar-refractivity contribution in [2.24, 2.45) is 10.8 Å². The Bertz CT molecular complexity index is 349. The van der Waals surface area contributed by atoms with Crippen LogP contribution in [0.25, 0.3) is 0 Å². The van der Waals surface area contributed by atoms with Crippen LogP contribution in [0.15, 0.2) is 29.3 Å². The van der Waals surface area contributed by atoms with Gasteiger partial charge in [0.25, 0.3) is 0 Å². The lowest BCUT2D eigenvalue weighted by Crippen LogP contribution is -2.36. The number of hydrazine groups is 1. The molecule has 5 heteroatoms. The summed E-state index contributed by atoms with van der Waals surface area (Å²) in [4.78, 5) is 4.17. The van der Waals surface area contributed by atoms with Gasteiger partial charge >= 0.3 is 0 Å². The van der Waals surface area contributed by atoms with E-state index in [9.17, 15) is 4.39 Å². The third-order valence-corrected chi connectivity index (χ3v) is 1.61. The number of anilines is 1. The van der Waals surface area contributed by atoms with E-state index < -0.39 is 0 Å². The van der Waals surface area contributed by atoms with E-state index in [4.69, 9.17) is 5.84 Å². The third-order valence-electron chi connectivity index (χ3n) is 1.61. The molecule has 0 aliphatic rings. The van der Waals surface area contributed by atoms with E-state index in [0.29, 0.717) is 11.6 Å². The van der Waals surface area contributed by atoms with Gasteiger partial charge in [0, 0.05) is 11.7 Å². The average molecular weight is 210 g/mol. The number of aliphatic imine (C=N–C) groups is 1. The Morgan fingerprint density at radius 1 is 1.47 bits per heavy atom. The molecule has 0 aliphatic carbocycles. The van der Waals surface area contributed by atoms with Crippen LogP contribution in [0.2, 0.25) is 0 Å². The highest BCUT2D eigenvalue weighted by Gasteiger charge is 1.99. The third kappa shape index (κ3) is 3.95. The molecule has 1 aromatic rings. The molecule has 0 spiro atoms. The summed E-state index contributed by atoms with van der Waals surface area (Å²) < 4.78 is 12.9. The molecule has 4 nitrogen and oxygen atoms in total. The average Bonchev–Trinajstić information content (AvgIpc) is 2.16. The number of benzene rings is 1. The van der Waals surface area contributed by atoms with Gasteiger partial charge in [0.1, 0.15) is 5.82 Å². The van der Waals surface area contributed by atoms with Crippen molar-refractivity contribution in [2.45, 2.75) is 19.9 Å². The van der Waals surface area contributed by atoms with Crippen molar-refractivity contribution in [1.29, 1.82) is 0 Å². The van der Waals surface area contributed by atoms with Crippen LogP contribution < -0.4 is 16.6 Å². The summed E-state index contributed by atoms with van der Waals surface area (Å²) in [5.41, 5.74) is 3.02. The van der Waals surface area contributed by atoms with E-state index in [1.54, 1.807) is 12.1 Å². The van der Waals surface area contributed by atoms with Gasteiger partial charge in [0.15, 0.2) is 0 Å². The zero-order valence-corrected chi connectivity index (χ0v) is 8.79. The van der Waals surface area contributed by atoms with E-state index in [1.807, 2.05) is 13.8 Å².